The molecular formula is C29H29N5O. The van der Waals surface area contributed by atoms with Gasteiger partial charge in [0.15, 0.2) is 5.82 Å². The highest BCUT2D eigenvalue weighted by Crippen LogP contribution is 2.28. The normalized spacial score (nSPS) is 13.5. The Hall–Kier alpha value is -4.19. The molecule has 0 bridgehead atoms. The van der Waals surface area contributed by atoms with Crippen LogP contribution in [0.25, 0.3) is 11.4 Å². The summed E-state index contributed by atoms with van der Waals surface area (Å²) in [5, 5.41) is 2.99. The average Bonchev–Trinajstić information content (AvgIpc) is 2.91. The fraction of sp³-hybridized carbons (Fsp3) is 0.207. The second kappa shape index (κ2) is 10.4. The minimum absolute atomic E-state index is 0.0656. The maximum Gasteiger partial charge on any atom is 0.321 e. The fourth-order valence-corrected chi connectivity index (χ4v) is 4.41. The molecule has 0 radical (unpaired) electrons. The van der Waals surface area contributed by atoms with E-state index in [0.717, 1.165) is 40.6 Å². The highest BCUT2D eigenvalue weighted by atomic mass is 16.2. The van der Waals surface area contributed by atoms with Gasteiger partial charge in [-0.2, -0.15) is 0 Å². The Morgan fingerprint density at radius 2 is 1.40 bits per heavy atom. The molecule has 5 rings (SSSR count). The Morgan fingerprint density at radius 3 is 2.06 bits per heavy atom. The van der Waals surface area contributed by atoms with Gasteiger partial charge in [-0.3, -0.25) is 0 Å². The summed E-state index contributed by atoms with van der Waals surface area (Å²) in [7, 11) is 0. The molecule has 4 aromatic rings. The van der Waals surface area contributed by atoms with Crippen LogP contribution < -0.4 is 10.2 Å². The van der Waals surface area contributed by atoms with E-state index < -0.39 is 0 Å². The smallest absolute Gasteiger partial charge is 0.321 e. The predicted octanol–water partition coefficient (Wildman–Crippen LogP) is 5.40. The summed E-state index contributed by atoms with van der Waals surface area (Å²) in [5.74, 6) is 1.70. The number of hydrogen-bond acceptors (Lipinski definition) is 4. The van der Waals surface area contributed by atoms with E-state index in [1.807, 2.05) is 71.6 Å². The van der Waals surface area contributed by atoms with Gasteiger partial charge in [0.2, 0.25) is 0 Å². The molecule has 2 heterocycles. The summed E-state index contributed by atoms with van der Waals surface area (Å²) >= 11 is 0. The predicted molar refractivity (Wildman–Crippen MR) is 141 cm³/mol. The van der Waals surface area contributed by atoms with Crippen molar-refractivity contribution in [3.63, 3.8) is 0 Å². The minimum atomic E-state index is -0.0656. The van der Waals surface area contributed by atoms with Crippen LogP contribution in [0.2, 0.25) is 0 Å². The zero-order valence-electron chi connectivity index (χ0n) is 19.9. The van der Waals surface area contributed by atoms with Crippen LogP contribution in [0, 0.1) is 6.92 Å². The molecule has 35 heavy (non-hydrogen) atoms. The zero-order valence-corrected chi connectivity index (χ0v) is 19.9. The SMILES string of the molecule is Cc1nc(-c2ccccc2)nc(N2CCN(C(=O)Nc3ccccc3)CC2)c1Cc1ccccc1. The van der Waals surface area contributed by atoms with Crippen molar-refractivity contribution in [1.82, 2.24) is 14.9 Å². The first kappa shape index (κ1) is 22.6. The van der Waals surface area contributed by atoms with Gasteiger partial charge in [-0.05, 0) is 24.6 Å². The van der Waals surface area contributed by atoms with Crippen LogP contribution in [-0.2, 0) is 6.42 Å². The number of benzene rings is 3. The molecule has 1 aliphatic rings. The second-order valence-corrected chi connectivity index (χ2v) is 8.73. The lowest BCUT2D eigenvalue weighted by Crippen LogP contribution is -2.50. The van der Waals surface area contributed by atoms with Crippen LogP contribution in [0.15, 0.2) is 91.0 Å². The summed E-state index contributed by atoms with van der Waals surface area (Å²) in [4.78, 5) is 26.9. The molecule has 0 aliphatic carbocycles. The lowest BCUT2D eigenvalue weighted by molar-refractivity contribution is 0.208. The Balaban J connectivity index is 1.39. The number of nitrogens with zero attached hydrogens (tertiary/aromatic N) is 4. The number of aryl methyl sites for hydroxylation is 1. The van der Waals surface area contributed by atoms with Crippen molar-refractivity contribution in [3.8, 4) is 11.4 Å². The number of nitrogens with one attached hydrogen (secondary N) is 1. The van der Waals surface area contributed by atoms with Crippen molar-refractivity contribution in [2.45, 2.75) is 13.3 Å². The van der Waals surface area contributed by atoms with E-state index in [1.54, 1.807) is 0 Å². The van der Waals surface area contributed by atoms with E-state index >= 15 is 0 Å². The topological polar surface area (TPSA) is 61.4 Å². The van der Waals surface area contributed by atoms with Gasteiger partial charge < -0.3 is 15.1 Å². The van der Waals surface area contributed by atoms with Crippen molar-refractivity contribution in [2.75, 3.05) is 36.4 Å². The third-order valence-electron chi connectivity index (χ3n) is 6.34. The van der Waals surface area contributed by atoms with E-state index in [1.165, 1.54) is 5.56 Å². The molecule has 1 saturated heterocycles. The summed E-state index contributed by atoms with van der Waals surface area (Å²) in [6.45, 7) is 4.77. The van der Waals surface area contributed by atoms with Crippen LogP contribution in [0.5, 0.6) is 0 Å². The molecule has 176 valence electrons. The third kappa shape index (κ3) is 5.32. The number of rotatable bonds is 5. The maximum absolute atomic E-state index is 12.8. The molecular weight excluding hydrogens is 434 g/mol. The molecule has 6 heteroatoms. The summed E-state index contributed by atoms with van der Waals surface area (Å²) < 4.78 is 0. The molecule has 0 saturated carbocycles. The number of para-hydroxylation sites is 1. The van der Waals surface area contributed by atoms with Gasteiger partial charge in [0.05, 0.1) is 0 Å². The number of carbonyl (C=O) groups is 1. The molecule has 0 atom stereocenters. The highest BCUT2D eigenvalue weighted by molar-refractivity contribution is 5.89. The van der Waals surface area contributed by atoms with E-state index in [0.29, 0.717) is 26.2 Å². The molecule has 3 aromatic carbocycles. The van der Waals surface area contributed by atoms with Gasteiger partial charge in [-0.1, -0.05) is 78.9 Å². The Bertz CT molecular complexity index is 1270. The number of piperazine rings is 1. The van der Waals surface area contributed by atoms with Crippen LogP contribution >= 0.6 is 0 Å². The zero-order chi connectivity index (χ0) is 24.0. The van der Waals surface area contributed by atoms with Crippen LogP contribution in [0.3, 0.4) is 0 Å². The molecule has 0 unspecified atom stereocenters. The second-order valence-electron chi connectivity index (χ2n) is 8.73. The van der Waals surface area contributed by atoms with Crippen LogP contribution in [0.1, 0.15) is 16.8 Å². The summed E-state index contributed by atoms with van der Waals surface area (Å²) in [5.41, 5.74) is 5.17. The number of carbonyl (C=O) groups excluding carboxylic acids is 1. The minimum Gasteiger partial charge on any atom is -0.353 e. The molecule has 1 aliphatic heterocycles. The van der Waals surface area contributed by atoms with E-state index in [4.69, 9.17) is 9.97 Å². The Labute approximate surface area is 206 Å². The first-order valence-electron chi connectivity index (χ1n) is 12.0. The van der Waals surface area contributed by atoms with Crippen molar-refractivity contribution in [1.29, 1.82) is 0 Å². The van der Waals surface area contributed by atoms with Gasteiger partial charge >= 0.3 is 6.03 Å². The summed E-state index contributed by atoms with van der Waals surface area (Å²) in [6, 6.07) is 30.1. The largest absolute Gasteiger partial charge is 0.353 e. The van der Waals surface area contributed by atoms with Crippen LogP contribution in [-0.4, -0.2) is 47.1 Å². The maximum atomic E-state index is 12.8. The van der Waals surface area contributed by atoms with Crippen molar-refractivity contribution >= 4 is 17.5 Å². The number of hydrogen-bond donors (Lipinski definition) is 1. The summed E-state index contributed by atoms with van der Waals surface area (Å²) in [6.07, 6.45) is 0.770. The quantitative estimate of drug-likeness (QED) is 0.431. The van der Waals surface area contributed by atoms with Crippen molar-refractivity contribution < 1.29 is 4.79 Å². The Kier molecular flexibility index (Phi) is 6.70. The van der Waals surface area contributed by atoms with Gasteiger partial charge in [-0.25, -0.2) is 14.8 Å². The molecule has 1 fully saturated rings. The monoisotopic (exact) mass is 463 g/mol. The third-order valence-corrected chi connectivity index (χ3v) is 6.34. The lowest BCUT2D eigenvalue weighted by atomic mass is 10.0. The van der Waals surface area contributed by atoms with Gasteiger partial charge in [0.25, 0.3) is 0 Å². The van der Waals surface area contributed by atoms with E-state index in [-0.39, 0.29) is 6.03 Å². The Morgan fingerprint density at radius 1 is 0.800 bits per heavy atom. The molecule has 1 aromatic heterocycles. The molecule has 0 spiro atoms. The van der Waals surface area contributed by atoms with E-state index in [9.17, 15) is 4.79 Å². The fourth-order valence-electron chi connectivity index (χ4n) is 4.41. The van der Waals surface area contributed by atoms with Gasteiger partial charge in [0, 0.05) is 55.1 Å². The van der Waals surface area contributed by atoms with Gasteiger partial charge in [-0.15, -0.1) is 0 Å². The van der Waals surface area contributed by atoms with Gasteiger partial charge in [0.1, 0.15) is 5.82 Å². The average molecular weight is 464 g/mol. The number of aromatic nitrogens is 2. The lowest BCUT2D eigenvalue weighted by Gasteiger charge is -2.36. The number of amides is 2. The molecule has 1 N–H and O–H groups in total. The molecule has 6 nitrogen and oxygen atoms in total. The first-order chi connectivity index (χ1) is 17.2. The van der Waals surface area contributed by atoms with Crippen molar-refractivity contribution in [3.05, 3.63) is 108 Å². The standard InChI is InChI=1S/C29H29N5O/c1-22-26(21-23-11-5-2-6-12-23)28(32-27(30-22)24-13-7-3-8-14-24)33-17-19-34(20-18-33)29(35)31-25-15-9-4-10-16-25/h2-16H,17-21H2,1H3,(H,31,35). The van der Waals surface area contributed by atoms with Crippen LogP contribution in [0.4, 0.5) is 16.3 Å². The molecule has 2 amide bonds. The first-order valence-corrected chi connectivity index (χ1v) is 12.0. The highest BCUT2D eigenvalue weighted by Gasteiger charge is 2.25. The number of urea groups is 1. The van der Waals surface area contributed by atoms with Crippen molar-refractivity contribution in [2.24, 2.45) is 0 Å². The van der Waals surface area contributed by atoms with E-state index in [2.05, 4.69) is 41.4 Å². The number of anilines is 2.